The Morgan fingerprint density at radius 2 is 2.14 bits per heavy atom. The topological polar surface area (TPSA) is 48.0 Å². The molecule has 1 aromatic rings. The zero-order valence-corrected chi connectivity index (χ0v) is 12.9. The summed E-state index contributed by atoms with van der Waals surface area (Å²) in [6.45, 7) is 4.08. The molecule has 1 aliphatic heterocycles. The molecule has 5 heteroatoms. The Morgan fingerprint density at radius 1 is 1.33 bits per heavy atom. The second-order valence-corrected chi connectivity index (χ2v) is 5.07. The van der Waals surface area contributed by atoms with Crippen LogP contribution in [0, 0.1) is 0 Å². The number of likely N-dealkylation sites (tertiary alicyclic amines) is 1. The van der Waals surface area contributed by atoms with Gasteiger partial charge < -0.3 is 19.1 Å². The predicted octanol–water partition coefficient (Wildman–Crippen LogP) is 2.06. The first-order chi connectivity index (χ1) is 10.2. The molecule has 0 N–H and O–H groups in total. The van der Waals surface area contributed by atoms with E-state index in [-0.39, 0.29) is 18.4 Å². The third kappa shape index (κ3) is 3.67. The van der Waals surface area contributed by atoms with Crippen molar-refractivity contribution >= 4 is 5.91 Å². The van der Waals surface area contributed by atoms with Crippen LogP contribution in [0.25, 0.3) is 0 Å². The highest BCUT2D eigenvalue weighted by atomic mass is 16.5. The maximum absolute atomic E-state index is 12.0. The van der Waals surface area contributed by atoms with Gasteiger partial charge in [0.2, 0.25) is 5.91 Å². The highest BCUT2D eigenvalue weighted by Gasteiger charge is 2.29. The van der Waals surface area contributed by atoms with Gasteiger partial charge in [-0.3, -0.25) is 4.79 Å². The van der Waals surface area contributed by atoms with Crippen LogP contribution >= 0.6 is 0 Å². The van der Waals surface area contributed by atoms with Crippen molar-refractivity contribution in [2.45, 2.75) is 19.3 Å². The van der Waals surface area contributed by atoms with E-state index in [9.17, 15) is 4.79 Å². The summed E-state index contributed by atoms with van der Waals surface area (Å²) in [5, 5.41) is 0. The number of nitrogens with zero attached hydrogens (tertiary/aromatic N) is 1. The molecule has 116 valence electrons. The summed E-state index contributed by atoms with van der Waals surface area (Å²) in [7, 11) is 3.32. The largest absolute Gasteiger partial charge is 0.497 e. The Balaban J connectivity index is 2.08. The minimum absolute atomic E-state index is 0.0567. The maximum Gasteiger partial charge on any atom is 0.248 e. The van der Waals surface area contributed by atoms with Crippen LogP contribution in [0.5, 0.6) is 11.5 Å². The zero-order valence-electron chi connectivity index (χ0n) is 12.9. The van der Waals surface area contributed by atoms with E-state index in [1.54, 1.807) is 14.2 Å². The van der Waals surface area contributed by atoms with Gasteiger partial charge in [0.05, 0.1) is 14.2 Å². The number of rotatable bonds is 6. The maximum atomic E-state index is 12.0. The molecule has 5 nitrogen and oxygen atoms in total. The highest BCUT2D eigenvalue weighted by Crippen LogP contribution is 2.35. The lowest BCUT2D eigenvalue weighted by atomic mass is 9.97. The van der Waals surface area contributed by atoms with Crippen LogP contribution < -0.4 is 9.47 Å². The van der Waals surface area contributed by atoms with Gasteiger partial charge in [0.15, 0.2) is 0 Å². The number of hydrogen-bond donors (Lipinski definition) is 0. The predicted molar refractivity (Wildman–Crippen MR) is 80.0 cm³/mol. The second-order valence-electron chi connectivity index (χ2n) is 5.07. The van der Waals surface area contributed by atoms with Crippen molar-refractivity contribution in [3.63, 3.8) is 0 Å². The average molecular weight is 293 g/mol. The molecule has 0 aliphatic carbocycles. The normalized spacial score (nSPS) is 17.9. The summed E-state index contributed by atoms with van der Waals surface area (Å²) in [6.07, 6.45) is 0.932. The molecule has 0 bridgehead atoms. The van der Waals surface area contributed by atoms with Gasteiger partial charge in [0, 0.05) is 31.2 Å². The molecule has 1 aromatic carbocycles. The Bertz CT molecular complexity index is 489. The lowest BCUT2D eigenvalue weighted by Gasteiger charge is -2.18. The number of ether oxygens (including phenoxy) is 3. The quantitative estimate of drug-likeness (QED) is 0.805. The van der Waals surface area contributed by atoms with E-state index in [4.69, 9.17) is 14.2 Å². The molecule has 1 heterocycles. The molecule has 1 amide bonds. The van der Waals surface area contributed by atoms with Crippen LogP contribution in [0.2, 0.25) is 0 Å². The Morgan fingerprint density at radius 3 is 2.81 bits per heavy atom. The summed E-state index contributed by atoms with van der Waals surface area (Å²) >= 11 is 0. The molecule has 1 aliphatic rings. The number of amides is 1. The number of benzene rings is 1. The molecule has 21 heavy (non-hydrogen) atoms. The van der Waals surface area contributed by atoms with Crippen LogP contribution in [0.3, 0.4) is 0 Å². The van der Waals surface area contributed by atoms with Crippen LogP contribution in [0.4, 0.5) is 0 Å². The molecule has 0 spiro atoms. The van der Waals surface area contributed by atoms with Crippen molar-refractivity contribution in [2.75, 3.05) is 40.5 Å². The van der Waals surface area contributed by atoms with E-state index in [2.05, 4.69) is 0 Å². The fourth-order valence-corrected chi connectivity index (χ4v) is 2.68. The van der Waals surface area contributed by atoms with E-state index in [0.717, 1.165) is 30.0 Å². The van der Waals surface area contributed by atoms with Crippen molar-refractivity contribution in [1.29, 1.82) is 0 Å². The lowest BCUT2D eigenvalue weighted by Crippen LogP contribution is -2.31. The van der Waals surface area contributed by atoms with Crippen molar-refractivity contribution in [2.24, 2.45) is 0 Å². The van der Waals surface area contributed by atoms with Gasteiger partial charge in [-0.25, -0.2) is 0 Å². The van der Waals surface area contributed by atoms with Gasteiger partial charge in [0.25, 0.3) is 0 Å². The van der Waals surface area contributed by atoms with E-state index >= 15 is 0 Å². The summed E-state index contributed by atoms with van der Waals surface area (Å²) in [4.78, 5) is 13.9. The van der Waals surface area contributed by atoms with Crippen molar-refractivity contribution in [1.82, 2.24) is 4.90 Å². The first-order valence-electron chi connectivity index (χ1n) is 7.27. The SMILES string of the molecule is CCOCC(=O)N1CCC(c2cc(OC)ccc2OC)C1. The fraction of sp³-hybridized carbons (Fsp3) is 0.562. The molecular formula is C16H23NO4. The Hall–Kier alpha value is -1.75. The third-order valence-corrected chi connectivity index (χ3v) is 3.85. The lowest BCUT2D eigenvalue weighted by molar-refractivity contribution is -0.134. The molecule has 1 atom stereocenters. The van der Waals surface area contributed by atoms with Crippen molar-refractivity contribution < 1.29 is 19.0 Å². The first-order valence-corrected chi connectivity index (χ1v) is 7.27. The van der Waals surface area contributed by atoms with E-state index < -0.39 is 0 Å². The van der Waals surface area contributed by atoms with Gasteiger partial charge in [-0.15, -0.1) is 0 Å². The van der Waals surface area contributed by atoms with Crippen LogP contribution in [0.1, 0.15) is 24.8 Å². The molecule has 1 fully saturated rings. The number of carbonyl (C=O) groups is 1. The molecule has 1 unspecified atom stereocenters. The molecular weight excluding hydrogens is 270 g/mol. The third-order valence-electron chi connectivity index (χ3n) is 3.85. The Kier molecular flexibility index (Phi) is 5.44. The zero-order chi connectivity index (χ0) is 15.2. The Labute approximate surface area is 125 Å². The second kappa shape index (κ2) is 7.31. The smallest absolute Gasteiger partial charge is 0.248 e. The number of carbonyl (C=O) groups excluding carboxylic acids is 1. The molecule has 2 rings (SSSR count). The van der Waals surface area contributed by atoms with Crippen LogP contribution in [0.15, 0.2) is 18.2 Å². The van der Waals surface area contributed by atoms with Crippen molar-refractivity contribution in [3.05, 3.63) is 23.8 Å². The fourth-order valence-electron chi connectivity index (χ4n) is 2.68. The minimum Gasteiger partial charge on any atom is -0.497 e. The molecule has 0 aromatic heterocycles. The number of methoxy groups -OCH3 is 2. The van der Waals surface area contributed by atoms with E-state index in [0.29, 0.717) is 13.2 Å². The average Bonchev–Trinajstić information content (AvgIpc) is 3.01. The van der Waals surface area contributed by atoms with Gasteiger partial charge in [-0.05, 0) is 31.5 Å². The van der Waals surface area contributed by atoms with Crippen molar-refractivity contribution in [3.8, 4) is 11.5 Å². The van der Waals surface area contributed by atoms with E-state index in [1.807, 2.05) is 30.0 Å². The van der Waals surface area contributed by atoms with Gasteiger partial charge >= 0.3 is 0 Å². The van der Waals surface area contributed by atoms with Gasteiger partial charge in [-0.1, -0.05) is 0 Å². The summed E-state index contributed by atoms with van der Waals surface area (Å²) in [5.41, 5.74) is 1.10. The van der Waals surface area contributed by atoms with Crippen LogP contribution in [-0.4, -0.2) is 51.3 Å². The summed E-state index contributed by atoms with van der Waals surface area (Å²) < 4.78 is 15.9. The monoisotopic (exact) mass is 293 g/mol. The van der Waals surface area contributed by atoms with Gasteiger partial charge in [-0.2, -0.15) is 0 Å². The molecule has 1 saturated heterocycles. The first kappa shape index (κ1) is 15.6. The van der Waals surface area contributed by atoms with Gasteiger partial charge in [0.1, 0.15) is 18.1 Å². The highest BCUT2D eigenvalue weighted by molar-refractivity contribution is 5.77. The number of hydrogen-bond acceptors (Lipinski definition) is 4. The van der Waals surface area contributed by atoms with E-state index in [1.165, 1.54) is 0 Å². The molecule has 0 radical (unpaired) electrons. The molecule has 0 saturated carbocycles. The van der Waals surface area contributed by atoms with Crippen LogP contribution in [-0.2, 0) is 9.53 Å². The summed E-state index contributed by atoms with van der Waals surface area (Å²) in [5.74, 6) is 1.99. The summed E-state index contributed by atoms with van der Waals surface area (Å²) in [6, 6.07) is 5.80. The standard InChI is InChI=1S/C16H23NO4/c1-4-21-11-16(18)17-8-7-12(10-17)14-9-13(19-2)5-6-15(14)20-3/h5-6,9,12H,4,7-8,10-11H2,1-3H3. The minimum atomic E-state index is 0.0567.